The Morgan fingerprint density at radius 2 is 2.06 bits per heavy atom. The predicted molar refractivity (Wildman–Crippen MR) is 60.5 cm³/mol. The second kappa shape index (κ2) is 4.80. The number of halogens is 1. The highest BCUT2D eigenvalue weighted by molar-refractivity contribution is 6.32. The lowest BCUT2D eigenvalue weighted by atomic mass is 10.3. The average molecular weight is 251 g/mol. The van der Waals surface area contributed by atoms with Crippen molar-refractivity contribution in [3.63, 3.8) is 0 Å². The van der Waals surface area contributed by atoms with Crippen molar-refractivity contribution in [1.82, 2.24) is 10.2 Å². The normalized spacial score (nSPS) is 9.94. The van der Waals surface area contributed by atoms with Crippen LogP contribution in [0.5, 0.6) is 11.6 Å². The van der Waals surface area contributed by atoms with Gasteiger partial charge in [-0.25, -0.2) is 4.79 Å². The van der Waals surface area contributed by atoms with Crippen molar-refractivity contribution in [2.24, 2.45) is 0 Å². The van der Waals surface area contributed by atoms with E-state index < -0.39 is 5.97 Å². The van der Waals surface area contributed by atoms with E-state index in [1.807, 2.05) is 0 Å². The van der Waals surface area contributed by atoms with Crippen LogP contribution in [0.15, 0.2) is 36.5 Å². The van der Waals surface area contributed by atoms with Gasteiger partial charge in [0.1, 0.15) is 11.3 Å². The molecule has 0 aliphatic carbocycles. The van der Waals surface area contributed by atoms with Gasteiger partial charge < -0.3 is 9.84 Å². The summed E-state index contributed by atoms with van der Waals surface area (Å²) in [5, 5.41) is 16.5. The zero-order valence-electron chi connectivity index (χ0n) is 8.50. The molecule has 1 aromatic carbocycles. The first kappa shape index (κ1) is 11.3. The molecule has 17 heavy (non-hydrogen) atoms. The maximum Gasteiger partial charge on any atom is 0.341 e. The van der Waals surface area contributed by atoms with E-state index in [4.69, 9.17) is 21.4 Å². The van der Waals surface area contributed by atoms with Gasteiger partial charge in [-0.1, -0.05) is 23.7 Å². The molecule has 0 unspecified atom stereocenters. The highest BCUT2D eigenvalue weighted by Gasteiger charge is 2.14. The molecule has 1 aromatic heterocycles. The Kier molecular flexibility index (Phi) is 3.20. The van der Waals surface area contributed by atoms with Gasteiger partial charge >= 0.3 is 5.97 Å². The molecule has 0 saturated carbocycles. The van der Waals surface area contributed by atoms with Gasteiger partial charge in [0.05, 0.1) is 11.2 Å². The van der Waals surface area contributed by atoms with Crippen LogP contribution in [-0.2, 0) is 0 Å². The van der Waals surface area contributed by atoms with Gasteiger partial charge in [-0.05, 0) is 18.2 Å². The largest absolute Gasteiger partial charge is 0.477 e. The molecule has 86 valence electrons. The molecule has 0 atom stereocenters. The van der Waals surface area contributed by atoms with Crippen molar-refractivity contribution in [2.45, 2.75) is 0 Å². The van der Waals surface area contributed by atoms with Crippen LogP contribution in [0, 0.1) is 0 Å². The average Bonchev–Trinajstić information content (AvgIpc) is 2.32. The van der Waals surface area contributed by atoms with E-state index in [9.17, 15) is 4.79 Å². The number of carboxylic acid groups (broad SMARTS) is 1. The first-order valence-corrected chi connectivity index (χ1v) is 5.03. The van der Waals surface area contributed by atoms with Crippen molar-refractivity contribution >= 4 is 17.6 Å². The number of benzene rings is 1. The number of rotatable bonds is 3. The van der Waals surface area contributed by atoms with Crippen LogP contribution in [0.2, 0.25) is 5.02 Å². The predicted octanol–water partition coefficient (Wildman–Crippen LogP) is 2.62. The molecular formula is C11H7ClN2O3. The van der Waals surface area contributed by atoms with Crippen LogP contribution < -0.4 is 4.74 Å². The second-order valence-corrected chi connectivity index (χ2v) is 3.49. The molecule has 1 heterocycles. The maximum absolute atomic E-state index is 10.9. The minimum absolute atomic E-state index is 0.0695. The third kappa shape index (κ3) is 2.51. The number of aromatic carboxylic acids is 1. The first-order valence-electron chi connectivity index (χ1n) is 4.66. The van der Waals surface area contributed by atoms with Gasteiger partial charge in [-0.15, -0.1) is 5.10 Å². The van der Waals surface area contributed by atoms with Crippen molar-refractivity contribution in [3.05, 3.63) is 47.1 Å². The molecule has 0 saturated heterocycles. The van der Waals surface area contributed by atoms with Gasteiger partial charge in [0, 0.05) is 0 Å². The molecule has 0 bridgehead atoms. The number of ether oxygens (including phenoxy) is 1. The summed E-state index contributed by atoms with van der Waals surface area (Å²) < 4.78 is 5.32. The summed E-state index contributed by atoms with van der Waals surface area (Å²) in [5.41, 5.74) is -0.0695. The Hall–Kier alpha value is -2.14. The Balaban J connectivity index is 2.37. The number of para-hydroxylation sites is 1. The fourth-order valence-corrected chi connectivity index (χ4v) is 1.36. The summed E-state index contributed by atoms with van der Waals surface area (Å²) in [6.45, 7) is 0. The molecule has 2 rings (SSSR count). The number of carbonyl (C=O) groups is 1. The van der Waals surface area contributed by atoms with E-state index in [0.717, 1.165) is 0 Å². The van der Waals surface area contributed by atoms with Gasteiger partial charge in [-0.2, -0.15) is 5.10 Å². The summed E-state index contributed by atoms with van der Waals surface area (Å²) in [6, 6.07) is 8.01. The highest BCUT2D eigenvalue weighted by Crippen LogP contribution is 2.28. The minimum Gasteiger partial charge on any atom is -0.477 e. The third-order valence-corrected chi connectivity index (χ3v) is 2.27. The molecule has 0 amide bonds. The summed E-state index contributed by atoms with van der Waals surface area (Å²) >= 11 is 5.89. The smallest absolute Gasteiger partial charge is 0.341 e. The zero-order chi connectivity index (χ0) is 12.3. The number of nitrogens with zero attached hydrogens (tertiary/aromatic N) is 2. The van der Waals surface area contributed by atoms with E-state index in [1.165, 1.54) is 12.3 Å². The topological polar surface area (TPSA) is 72.3 Å². The lowest BCUT2D eigenvalue weighted by Crippen LogP contribution is -2.02. The molecule has 2 aromatic rings. The van der Waals surface area contributed by atoms with E-state index in [0.29, 0.717) is 10.8 Å². The third-order valence-electron chi connectivity index (χ3n) is 1.96. The van der Waals surface area contributed by atoms with Crippen LogP contribution in [-0.4, -0.2) is 21.3 Å². The number of aromatic nitrogens is 2. The van der Waals surface area contributed by atoms with Gasteiger partial charge in [0.2, 0.25) is 0 Å². The van der Waals surface area contributed by atoms with E-state index in [-0.39, 0.29) is 11.4 Å². The Bertz CT molecular complexity index is 560. The maximum atomic E-state index is 10.9. The molecule has 0 aliphatic rings. The molecule has 0 spiro atoms. The molecule has 0 fully saturated rings. The summed E-state index contributed by atoms with van der Waals surface area (Å²) in [6.07, 6.45) is 1.28. The van der Waals surface area contributed by atoms with E-state index in [1.54, 1.807) is 24.3 Å². The van der Waals surface area contributed by atoms with Crippen LogP contribution in [0.1, 0.15) is 10.4 Å². The van der Waals surface area contributed by atoms with Crippen molar-refractivity contribution in [3.8, 4) is 11.6 Å². The molecular weight excluding hydrogens is 244 g/mol. The quantitative estimate of drug-likeness (QED) is 0.907. The minimum atomic E-state index is -1.14. The molecule has 5 nitrogen and oxygen atoms in total. The van der Waals surface area contributed by atoms with Crippen molar-refractivity contribution in [1.29, 1.82) is 0 Å². The Morgan fingerprint density at radius 1 is 1.29 bits per heavy atom. The van der Waals surface area contributed by atoms with Crippen molar-refractivity contribution < 1.29 is 14.6 Å². The highest BCUT2D eigenvalue weighted by atomic mass is 35.5. The summed E-state index contributed by atoms with van der Waals surface area (Å²) in [7, 11) is 0. The van der Waals surface area contributed by atoms with E-state index in [2.05, 4.69) is 10.2 Å². The molecule has 0 aliphatic heterocycles. The number of hydrogen-bond donors (Lipinski definition) is 1. The SMILES string of the molecule is O=C(O)c1ccnnc1Oc1ccccc1Cl. The van der Waals surface area contributed by atoms with Crippen LogP contribution in [0.25, 0.3) is 0 Å². The van der Waals surface area contributed by atoms with Gasteiger partial charge in [0.25, 0.3) is 5.88 Å². The lowest BCUT2D eigenvalue weighted by molar-refractivity contribution is 0.0693. The van der Waals surface area contributed by atoms with Crippen molar-refractivity contribution in [2.75, 3.05) is 0 Å². The number of hydrogen-bond acceptors (Lipinski definition) is 4. The fourth-order valence-electron chi connectivity index (χ4n) is 1.19. The molecule has 0 radical (unpaired) electrons. The van der Waals surface area contributed by atoms with Gasteiger partial charge in [-0.3, -0.25) is 0 Å². The fraction of sp³-hybridized carbons (Fsp3) is 0. The lowest BCUT2D eigenvalue weighted by Gasteiger charge is -2.07. The Morgan fingerprint density at radius 3 is 2.76 bits per heavy atom. The summed E-state index contributed by atoms with van der Waals surface area (Å²) in [4.78, 5) is 10.9. The standard InChI is InChI=1S/C11H7ClN2O3/c12-8-3-1-2-4-9(8)17-10-7(11(15)16)5-6-13-14-10/h1-6H,(H,15,16). The van der Waals surface area contributed by atoms with Gasteiger partial charge in [0.15, 0.2) is 0 Å². The zero-order valence-corrected chi connectivity index (χ0v) is 9.26. The molecule has 1 N–H and O–H groups in total. The molecule has 6 heteroatoms. The monoisotopic (exact) mass is 250 g/mol. The summed E-state index contributed by atoms with van der Waals surface area (Å²) in [5.74, 6) is -0.896. The first-order chi connectivity index (χ1) is 8.18. The second-order valence-electron chi connectivity index (χ2n) is 3.09. The van der Waals surface area contributed by atoms with Crippen LogP contribution >= 0.6 is 11.6 Å². The number of carboxylic acids is 1. The van der Waals surface area contributed by atoms with Crippen LogP contribution in [0.4, 0.5) is 0 Å². The van der Waals surface area contributed by atoms with Crippen LogP contribution in [0.3, 0.4) is 0 Å². The van der Waals surface area contributed by atoms with E-state index >= 15 is 0 Å². The Labute approximate surface area is 102 Å².